The van der Waals surface area contributed by atoms with Gasteiger partial charge in [-0.3, -0.25) is 9.69 Å². The number of amides is 1. The number of likely N-dealkylation sites (N-methyl/N-ethyl adjacent to an activating group) is 1. The van der Waals surface area contributed by atoms with Crippen molar-refractivity contribution in [1.29, 1.82) is 0 Å². The average molecular weight is 392 g/mol. The number of rotatable bonds is 5. The van der Waals surface area contributed by atoms with Gasteiger partial charge in [-0.1, -0.05) is 23.7 Å². The molecule has 0 bridgehead atoms. The molecule has 0 atom stereocenters. The first kappa shape index (κ1) is 19.2. The molecule has 1 aromatic carbocycles. The van der Waals surface area contributed by atoms with E-state index in [9.17, 15) is 4.79 Å². The van der Waals surface area contributed by atoms with Crippen LogP contribution >= 0.6 is 22.9 Å². The van der Waals surface area contributed by atoms with E-state index in [-0.39, 0.29) is 5.91 Å². The van der Waals surface area contributed by atoms with Gasteiger partial charge in [-0.2, -0.15) is 0 Å². The summed E-state index contributed by atoms with van der Waals surface area (Å²) in [4.78, 5) is 20.1. The van der Waals surface area contributed by atoms with Crippen molar-refractivity contribution in [1.82, 2.24) is 9.80 Å². The van der Waals surface area contributed by atoms with Crippen molar-refractivity contribution in [2.24, 2.45) is 0 Å². The Balaban J connectivity index is 1.50. The molecule has 26 heavy (non-hydrogen) atoms. The molecule has 1 aromatic heterocycles. The van der Waals surface area contributed by atoms with Gasteiger partial charge in [-0.15, -0.1) is 11.3 Å². The van der Waals surface area contributed by atoms with Gasteiger partial charge in [0, 0.05) is 43.8 Å². The molecule has 1 aliphatic rings. The van der Waals surface area contributed by atoms with Crippen molar-refractivity contribution in [2.45, 2.75) is 20.4 Å². The molecule has 140 valence electrons. The topological polar surface area (TPSA) is 26.8 Å². The first-order valence-electron chi connectivity index (χ1n) is 8.95. The summed E-state index contributed by atoms with van der Waals surface area (Å²) in [6.07, 6.45) is 0. The van der Waals surface area contributed by atoms with E-state index in [0.29, 0.717) is 13.1 Å². The lowest BCUT2D eigenvalue weighted by Gasteiger charge is -2.37. The van der Waals surface area contributed by atoms with E-state index in [1.807, 2.05) is 19.2 Å². The molecule has 0 saturated carbocycles. The van der Waals surface area contributed by atoms with Gasteiger partial charge in [0.2, 0.25) is 5.91 Å². The third-order valence-corrected chi connectivity index (χ3v) is 6.31. The third kappa shape index (κ3) is 4.58. The Morgan fingerprint density at radius 3 is 2.54 bits per heavy atom. The van der Waals surface area contributed by atoms with Gasteiger partial charge in [-0.25, -0.2) is 0 Å². The fourth-order valence-electron chi connectivity index (χ4n) is 3.30. The van der Waals surface area contributed by atoms with E-state index >= 15 is 0 Å². The Morgan fingerprint density at radius 2 is 1.88 bits per heavy atom. The van der Waals surface area contributed by atoms with Crippen molar-refractivity contribution in [2.75, 3.05) is 44.7 Å². The maximum Gasteiger partial charge on any atom is 0.236 e. The maximum atomic E-state index is 12.5. The molecule has 1 fully saturated rings. The number of aryl methyl sites for hydroxylation is 1. The summed E-state index contributed by atoms with van der Waals surface area (Å²) >= 11 is 7.50. The van der Waals surface area contributed by atoms with Crippen LogP contribution in [-0.2, 0) is 11.3 Å². The van der Waals surface area contributed by atoms with Crippen LogP contribution in [0, 0.1) is 13.8 Å². The standard InChI is InChI=1S/C20H26ClN3OS/c1-15-5-4-6-18(16(15)2)24-11-9-23(10-12-24)14-20(25)22(3)13-17-7-8-19(21)26-17/h4-8H,9-14H2,1-3H3. The van der Waals surface area contributed by atoms with E-state index in [4.69, 9.17) is 11.6 Å². The summed E-state index contributed by atoms with van der Waals surface area (Å²) in [6.45, 7) is 9.20. The van der Waals surface area contributed by atoms with Crippen molar-refractivity contribution < 1.29 is 4.79 Å². The monoisotopic (exact) mass is 391 g/mol. The predicted octanol–water partition coefficient (Wildman–Crippen LogP) is 3.80. The zero-order chi connectivity index (χ0) is 18.7. The van der Waals surface area contributed by atoms with Gasteiger partial charge in [0.05, 0.1) is 17.4 Å². The molecular weight excluding hydrogens is 366 g/mol. The molecule has 6 heteroatoms. The maximum absolute atomic E-state index is 12.5. The number of hydrogen-bond acceptors (Lipinski definition) is 4. The Bertz CT molecular complexity index is 768. The Morgan fingerprint density at radius 1 is 1.15 bits per heavy atom. The molecule has 0 N–H and O–H groups in total. The summed E-state index contributed by atoms with van der Waals surface area (Å²) in [6, 6.07) is 10.3. The summed E-state index contributed by atoms with van der Waals surface area (Å²) in [5.74, 6) is 0.162. The van der Waals surface area contributed by atoms with Gasteiger partial charge in [0.1, 0.15) is 0 Å². The van der Waals surface area contributed by atoms with Crippen molar-refractivity contribution in [3.05, 3.63) is 50.7 Å². The van der Waals surface area contributed by atoms with Crippen LogP contribution in [0.1, 0.15) is 16.0 Å². The molecule has 0 unspecified atom stereocenters. The Hall–Kier alpha value is -1.56. The summed E-state index contributed by atoms with van der Waals surface area (Å²) in [5, 5.41) is 0. The van der Waals surface area contributed by atoms with E-state index in [0.717, 1.165) is 35.4 Å². The molecule has 1 aliphatic heterocycles. The number of piperazine rings is 1. The minimum absolute atomic E-state index is 0.162. The van der Waals surface area contributed by atoms with Crippen molar-refractivity contribution >= 4 is 34.5 Å². The largest absolute Gasteiger partial charge is 0.369 e. The SMILES string of the molecule is Cc1cccc(N2CCN(CC(=O)N(C)Cc3ccc(Cl)s3)CC2)c1C. The normalized spacial score (nSPS) is 15.3. The zero-order valence-electron chi connectivity index (χ0n) is 15.7. The van der Waals surface area contributed by atoms with E-state index in [1.54, 1.807) is 4.90 Å². The quantitative estimate of drug-likeness (QED) is 0.775. The number of benzene rings is 1. The fraction of sp³-hybridized carbons (Fsp3) is 0.450. The summed E-state index contributed by atoms with van der Waals surface area (Å²) < 4.78 is 0.767. The minimum Gasteiger partial charge on any atom is -0.369 e. The molecule has 1 saturated heterocycles. The summed E-state index contributed by atoms with van der Waals surface area (Å²) in [7, 11) is 1.86. The van der Waals surface area contributed by atoms with Crippen molar-refractivity contribution in [3.63, 3.8) is 0 Å². The van der Waals surface area contributed by atoms with Crippen LogP contribution < -0.4 is 4.90 Å². The molecule has 0 radical (unpaired) electrons. The molecule has 0 aliphatic carbocycles. The number of nitrogens with zero attached hydrogens (tertiary/aromatic N) is 3. The molecule has 1 amide bonds. The van der Waals surface area contributed by atoms with Gasteiger partial charge in [-0.05, 0) is 43.2 Å². The van der Waals surface area contributed by atoms with Crippen LogP contribution in [0.15, 0.2) is 30.3 Å². The number of anilines is 1. The Labute approximate surface area is 165 Å². The number of thiophene rings is 1. The molecule has 0 spiro atoms. The van der Waals surface area contributed by atoms with Gasteiger partial charge < -0.3 is 9.80 Å². The highest BCUT2D eigenvalue weighted by Gasteiger charge is 2.22. The molecular formula is C20H26ClN3OS. The second-order valence-electron chi connectivity index (χ2n) is 6.94. The lowest BCUT2D eigenvalue weighted by Crippen LogP contribution is -2.49. The molecule has 2 aromatic rings. The van der Waals surface area contributed by atoms with E-state index in [1.165, 1.54) is 28.2 Å². The van der Waals surface area contributed by atoms with Crippen LogP contribution in [0.25, 0.3) is 0 Å². The highest BCUT2D eigenvalue weighted by atomic mass is 35.5. The average Bonchev–Trinajstić information content (AvgIpc) is 3.03. The number of halogens is 1. The predicted molar refractivity (Wildman–Crippen MR) is 110 cm³/mol. The number of hydrogen-bond donors (Lipinski definition) is 0. The minimum atomic E-state index is 0.162. The van der Waals surface area contributed by atoms with Gasteiger partial charge >= 0.3 is 0 Å². The van der Waals surface area contributed by atoms with Gasteiger partial charge in [0.15, 0.2) is 0 Å². The number of carbonyl (C=O) groups excluding carboxylic acids is 1. The van der Waals surface area contributed by atoms with E-state index in [2.05, 4.69) is 41.8 Å². The van der Waals surface area contributed by atoms with E-state index < -0.39 is 0 Å². The van der Waals surface area contributed by atoms with Crippen LogP contribution in [0.3, 0.4) is 0 Å². The number of carbonyl (C=O) groups is 1. The summed E-state index contributed by atoms with van der Waals surface area (Å²) in [5.41, 5.74) is 4.00. The molecule has 4 nitrogen and oxygen atoms in total. The van der Waals surface area contributed by atoms with Gasteiger partial charge in [0.25, 0.3) is 0 Å². The van der Waals surface area contributed by atoms with Crippen LogP contribution in [-0.4, -0.2) is 55.5 Å². The molecule has 3 rings (SSSR count). The van der Waals surface area contributed by atoms with Crippen molar-refractivity contribution in [3.8, 4) is 0 Å². The third-order valence-electron chi connectivity index (χ3n) is 5.10. The van der Waals surface area contributed by atoms with Crippen LogP contribution in [0.2, 0.25) is 4.34 Å². The second-order valence-corrected chi connectivity index (χ2v) is 8.74. The lowest BCUT2D eigenvalue weighted by molar-refractivity contribution is -0.131. The first-order chi connectivity index (χ1) is 12.4. The second kappa shape index (κ2) is 8.42. The Kier molecular flexibility index (Phi) is 6.22. The molecule has 2 heterocycles. The van der Waals surface area contributed by atoms with Crippen LogP contribution in [0.5, 0.6) is 0 Å². The van der Waals surface area contributed by atoms with Crippen LogP contribution in [0.4, 0.5) is 5.69 Å². The zero-order valence-corrected chi connectivity index (χ0v) is 17.2. The lowest BCUT2D eigenvalue weighted by atomic mass is 10.1. The smallest absolute Gasteiger partial charge is 0.236 e. The first-order valence-corrected chi connectivity index (χ1v) is 10.1. The highest BCUT2D eigenvalue weighted by Crippen LogP contribution is 2.24. The fourth-order valence-corrected chi connectivity index (χ4v) is 4.44. The highest BCUT2D eigenvalue weighted by molar-refractivity contribution is 7.16.